The van der Waals surface area contributed by atoms with E-state index in [9.17, 15) is 14.0 Å². The maximum absolute atomic E-state index is 13.7. The Morgan fingerprint density at radius 2 is 1.52 bits per heavy atom. The Morgan fingerprint density at radius 1 is 0.950 bits per heavy atom. The summed E-state index contributed by atoms with van der Waals surface area (Å²) in [5.74, 6) is 0.472. The van der Waals surface area contributed by atoms with Crippen molar-refractivity contribution in [3.05, 3.63) is 94.1 Å². The van der Waals surface area contributed by atoms with Crippen molar-refractivity contribution in [3.8, 4) is 11.5 Å². The van der Waals surface area contributed by atoms with Gasteiger partial charge in [-0.2, -0.15) is 0 Å². The van der Waals surface area contributed by atoms with Crippen LogP contribution in [0, 0.1) is 16.6 Å². The minimum Gasteiger partial charge on any atom is -0.493 e. The number of dihydropyridines is 1. The first kappa shape index (κ1) is 27.9. The summed E-state index contributed by atoms with van der Waals surface area (Å²) in [4.78, 5) is 27.4. The van der Waals surface area contributed by atoms with Gasteiger partial charge in [0.05, 0.1) is 7.11 Å². The van der Waals surface area contributed by atoms with E-state index in [2.05, 4.69) is 39.6 Å². The second kappa shape index (κ2) is 10.4. The number of ether oxygens (including phenoxy) is 2. The van der Waals surface area contributed by atoms with Gasteiger partial charge in [0.1, 0.15) is 12.4 Å². The maximum atomic E-state index is 13.7. The van der Waals surface area contributed by atoms with Crippen LogP contribution < -0.4 is 14.8 Å². The van der Waals surface area contributed by atoms with Gasteiger partial charge in [-0.25, -0.2) is 4.39 Å². The van der Waals surface area contributed by atoms with E-state index in [0.29, 0.717) is 41.9 Å². The Hall–Kier alpha value is -3.67. The molecule has 2 aliphatic carbocycles. The van der Waals surface area contributed by atoms with Gasteiger partial charge in [-0.3, -0.25) is 9.59 Å². The van der Waals surface area contributed by atoms with Crippen molar-refractivity contribution in [3.63, 3.8) is 0 Å². The van der Waals surface area contributed by atoms with Gasteiger partial charge in [0.2, 0.25) is 0 Å². The first-order chi connectivity index (χ1) is 18.9. The highest BCUT2D eigenvalue weighted by molar-refractivity contribution is 6.06. The van der Waals surface area contributed by atoms with Crippen LogP contribution in [-0.2, 0) is 22.6 Å². The fourth-order valence-corrected chi connectivity index (χ4v) is 6.43. The smallest absolute Gasteiger partial charge is 0.165 e. The highest BCUT2D eigenvalue weighted by Crippen LogP contribution is 2.52. The monoisotopic (exact) mass is 543 g/mol. The maximum Gasteiger partial charge on any atom is 0.165 e. The van der Waals surface area contributed by atoms with E-state index in [1.165, 1.54) is 12.1 Å². The van der Waals surface area contributed by atoms with Gasteiger partial charge in [-0.15, -0.1) is 6.58 Å². The molecule has 2 aromatic carbocycles. The van der Waals surface area contributed by atoms with Crippen LogP contribution in [0.5, 0.6) is 11.5 Å². The molecule has 6 heteroatoms. The number of halogens is 1. The summed E-state index contributed by atoms with van der Waals surface area (Å²) < 4.78 is 25.5. The fraction of sp³-hybridized carbons (Fsp3) is 0.412. The second-order valence-corrected chi connectivity index (χ2v) is 12.8. The number of hydrogen-bond donors (Lipinski definition) is 1. The quantitative estimate of drug-likeness (QED) is 0.377. The third kappa shape index (κ3) is 5.36. The average molecular weight is 544 g/mol. The van der Waals surface area contributed by atoms with Gasteiger partial charge in [0.25, 0.3) is 0 Å². The molecule has 0 saturated heterocycles. The molecule has 0 amide bonds. The molecule has 0 spiro atoms. The molecule has 1 heterocycles. The van der Waals surface area contributed by atoms with Gasteiger partial charge in [0.15, 0.2) is 23.1 Å². The largest absolute Gasteiger partial charge is 0.493 e. The van der Waals surface area contributed by atoms with Crippen molar-refractivity contribution in [2.75, 3.05) is 7.11 Å². The molecule has 0 radical (unpaired) electrons. The Balaban J connectivity index is 1.64. The molecule has 210 valence electrons. The lowest BCUT2D eigenvalue weighted by atomic mass is 9.64. The van der Waals surface area contributed by atoms with E-state index in [-0.39, 0.29) is 34.8 Å². The summed E-state index contributed by atoms with van der Waals surface area (Å²) in [5, 5.41) is 3.57. The standard InChI is InChI=1S/C34H38FNO4/c1-7-8-21-13-22(14-28(39-6)32(21)40-19-20-9-11-23(35)12-10-20)29-30-24(15-33(2,3)17-26(30)37)36-25-16-34(4,5)18-27(38)31(25)29/h7,9-14,29,36H,1,8,15-19H2,2-6H3. The van der Waals surface area contributed by atoms with Crippen molar-refractivity contribution >= 4 is 11.6 Å². The number of ketones is 2. The zero-order valence-electron chi connectivity index (χ0n) is 24.1. The summed E-state index contributed by atoms with van der Waals surface area (Å²) in [5.41, 5.74) is 5.42. The summed E-state index contributed by atoms with van der Waals surface area (Å²) in [6.07, 6.45) is 4.65. The fourth-order valence-electron chi connectivity index (χ4n) is 6.43. The number of Topliss-reactive ketones (excluding diaryl/α,β-unsaturated/α-hetero) is 2. The number of rotatable bonds is 7. The van der Waals surface area contributed by atoms with E-state index in [1.54, 1.807) is 25.3 Å². The van der Waals surface area contributed by atoms with Crippen molar-refractivity contribution in [1.29, 1.82) is 0 Å². The number of hydrogen-bond acceptors (Lipinski definition) is 5. The average Bonchev–Trinajstić information content (AvgIpc) is 2.86. The summed E-state index contributed by atoms with van der Waals surface area (Å²) >= 11 is 0. The second-order valence-electron chi connectivity index (χ2n) is 12.8. The number of methoxy groups -OCH3 is 1. The van der Waals surface area contributed by atoms with Gasteiger partial charge in [0, 0.05) is 46.9 Å². The van der Waals surface area contributed by atoms with Crippen LogP contribution in [-0.4, -0.2) is 18.7 Å². The zero-order valence-corrected chi connectivity index (χ0v) is 24.1. The van der Waals surface area contributed by atoms with Crippen molar-refractivity contribution in [2.45, 2.75) is 72.3 Å². The predicted molar refractivity (Wildman–Crippen MR) is 154 cm³/mol. The zero-order chi connectivity index (χ0) is 28.8. The van der Waals surface area contributed by atoms with Gasteiger partial charge < -0.3 is 14.8 Å². The molecule has 1 aliphatic heterocycles. The highest BCUT2D eigenvalue weighted by Gasteiger charge is 2.46. The molecule has 2 aromatic rings. The van der Waals surface area contributed by atoms with E-state index in [1.807, 2.05) is 12.1 Å². The van der Waals surface area contributed by atoms with Crippen molar-refractivity contribution in [1.82, 2.24) is 5.32 Å². The molecule has 5 rings (SSSR count). The number of benzene rings is 2. The molecule has 0 saturated carbocycles. The van der Waals surface area contributed by atoms with Crippen LogP contribution in [0.2, 0.25) is 0 Å². The third-order valence-corrected chi connectivity index (χ3v) is 8.09. The normalized spacial score (nSPS) is 20.1. The van der Waals surface area contributed by atoms with Crippen LogP contribution in [0.25, 0.3) is 0 Å². The van der Waals surface area contributed by atoms with Gasteiger partial charge in [-0.05, 0) is 59.4 Å². The molecular weight excluding hydrogens is 505 g/mol. The lowest BCUT2D eigenvalue weighted by Crippen LogP contribution is -2.42. The van der Waals surface area contributed by atoms with Crippen LogP contribution in [0.3, 0.4) is 0 Å². The molecule has 0 bridgehead atoms. The summed E-state index contributed by atoms with van der Waals surface area (Å²) in [6.45, 7) is 12.6. The number of nitrogens with one attached hydrogen (secondary N) is 1. The molecule has 0 fully saturated rings. The molecule has 0 aromatic heterocycles. The van der Waals surface area contributed by atoms with Gasteiger partial charge in [-0.1, -0.05) is 52.0 Å². The summed E-state index contributed by atoms with van der Waals surface area (Å²) in [6, 6.07) is 10.1. The topological polar surface area (TPSA) is 64.6 Å². The SMILES string of the molecule is C=CCc1cc(C2C3=C(CC(C)(C)CC3=O)NC3=C2C(=O)CC(C)(C)C3)cc(OC)c1OCc1ccc(F)cc1. The minimum absolute atomic E-state index is 0.0776. The molecule has 0 unspecified atom stereocenters. The first-order valence-corrected chi connectivity index (χ1v) is 13.9. The Bertz CT molecular complexity index is 1390. The van der Waals surface area contributed by atoms with E-state index in [0.717, 1.165) is 40.9 Å². The van der Waals surface area contributed by atoms with Crippen LogP contribution in [0.1, 0.15) is 76.0 Å². The predicted octanol–water partition coefficient (Wildman–Crippen LogP) is 7.12. The molecule has 5 nitrogen and oxygen atoms in total. The molecular formula is C34H38FNO4. The highest BCUT2D eigenvalue weighted by atomic mass is 19.1. The number of carbonyl (C=O) groups excluding carboxylic acids is 2. The van der Waals surface area contributed by atoms with E-state index < -0.39 is 5.92 Å². The van der Waals surface area contributed by atoms with Crippen LogP contribution in [0.15, 0.2) is 71.6 Å². The van der Waals surface area contributed by atoms with Crippen LogP contribution >= 0.6 is 0 Å². The van der Waals surface area contributed by atoms with Crippen LogP contribution in [0.4, 0.5) is 4.39 Å². The first-order valence-electron chi connectivity index (χ1n) is 13.9. The summed E-state index contributed by atoms with van der Waals surface area (Å²) in [7, 11) is 1.59. The molecule has 0 atom stereocenters. The Kier molecular flexibility index (Phi) is 7.24. The molecule has 3 aliphatic rings. The van der Waals surface area contributed by atoms with Crippen molar-refractivity contribution < 1.29 is 23.5 Å². The van der Waals surface area contributed by atoms with Gasteiger partial charge >= 0.3 is 0 Å². The third-order valence-electron chi connectivity index (χ3n) is 8.09. The lowest BCUT2D eigenvalue weighted by Gasteiger charge is -2.44. The Morgan fingerprint density at radius 3 is 2.05 bits per heavy atom. The van der Waals surface area contributed by atoms with E-state index >= 15 is 0 Å². The molecule has 40 heavy (non-hydrogen) atoms. The lowest BCUT2D eigenvalue weighted by molar-refractivity contribution is -0.119. The van der Waals surface area contributed by atoms with Crippen molar-refractivity contribution in [2.24, 2.45) is 10.8 Å². The Labute approximate surface area is 236 Å². The minimum atomic E-state index is -0.470. The molecule has 1 N–H and O–H groups in total. The van der Waals surface area contributed by atoms with E-state index in [4.69, 9.17) is 9.47 Å². The number of carbonyl (C=O) groups is 2. The number of allylic oxidation sites excluding steroid dienone is 5.